The predicted octanol–water partition coefficient (Wildman–Crippen LogP) is 2.08. The second-order valence-electron chi connectivity index (χ2n) is 3.86. The van der Waals surface area contributed by atoms with Crippen LogP contribution in [-0.4, -0.2) is 36.8 Å². The minimum absolute atomic E-state index is 0.0794. The average molecular weight is 259 g/mol. The lowest BCUT2D eigenvalue weighted by atomic mass is 10.2. The Kier molecular flexibility index (Phi) is 6.09. The van der Waals surface area contributed by atoms with Crippen molar-refractivity contribution in [1.82, 2.24) is 4.90 Å². The Labute approximate surface area is 113 Å². The molecule has 1 aromatic rings. The number of carbonyl (C=O) groups excluding carboxylic acids is 2. The molecule has 0 aliphatic carbocycles. The van der Waals surface area contributed by atoms with Gasteiger partial charge in [0.05, 0.1) is 0 Å². The van der Waals surface area contributed by atoms with Gasteiger partial charge in [0, 0.05) is 18.7 Å². The van der Waals surface area contributed by atoms with Gasteiger partial charge in [0.25, 0.3) is 5.91 Å². The molecule has 0 saturated carbocycles. The maximum Gasteiger partial charge on any atom is 0.261 e. The molecule has 4 nitrogen and oxygen atoms in total. The Bertz CT molecular complexity index is 458. The summed E-state index contributed by atoms with van der Waals surface area (Å²) in [4.78, 5) is 24.1. The van der Waals surface area contributed by atoms with E-state index in [2.05, 4.69) is 13.2 Å². The van der Waals surface area contributed by atoms with E-state index in [1.54, 1.807) is 41.3 Å². The molecule has 19 heavy (non-hydrogen) atoms. The summed E-state index contributed by atoms with van der Waals surface area (Å²) in [5.41, 5.74) is 0.513. The Balaban J connectivity index is 2.58. The molecule has 0 aliphatic heterocycles. The highest BCUT2D eigenvalue weighted by atomic mass is 16.5. The van der Waals surface area contributed by atoms with Crippen LogP contribution in [0.4, 0.5) is 0 Å². The first-order valence-corrected chi connectivity index (χ1v) is 5.89. The van der Waals surface area contributed by atoms with E-state index in [9.17, 15) is 9.59 Å². The second-order valence-corrected chi connectivity index (χ2v) is 3.86. The second kappa shape index (κ2) is 7.87. The van der Waals surface area contributed by atoms with Crippen LogP contribution < -0.4 is 4.74 Å². The highest BCUT2D eigenvalue weighted by Crippen LogP contribution is 2.12. The van der Waals surface area contributed by atoms with Gasteiger partial charge < -0.3 is 9.64 Å². The zero-order chi connectivity index (χ0) is 14.1. The summed E-state index contributed by atoms with van der Waals surface area (Å²) < 4.78 is 5.37. The highest BCUT2D eigenvalue weighted by Gasteiger charge is 2.11. The summed E-state index contributed by atoms with van der Waals surface area (Å²) in [6.45, 7) is 8.01. The topological polar surface area (TPSA) is 46.6 Å². The molecule has 0 bridgehead atoms. The summed E-state index contributed by atoms with van der Waals surface area (Å²) >= 11 is 0. The molecule has 0 aromatic heterocycles. The highest BCUT2D eigenvalue weighted by molar-refractivity contribution is 5.78. The molecule has 0 spiro atoms. The van der Waals surface area contributed by atoms with Gasteiger partial charge in [0.2, 0.25) is 0 Å². The van der Waals surface area contributed by atoms with Gasteiger partial charge in [-0.05, 0) is 12.1 Å². The molecule has 0 radical (unpaired) electrons. The van der Waals surface area contributed by atoms with Gasteiger partial charge >= 0.3 is 0 Å². The van der Waals surface area contributed by atoms with Gasteiger partial charge in [-0.1, -0.05) is 24.3 Å². The Hall–Kier alpha value is -2.36. The largest absolute Gasteiger partial charge is 0.484 e. The molecule has 0 heterocycles. The fourth-order valence-corrected chi connectivity index (χ4v) is 1.50. The van der Waals surface area contributed by atoms with Crippen LogP contribution >= 0.6 is 0 Å². The lowest BCUT2D eigenvalue weighted by Crippen LogP contribution is -2.35. The predicted molar refractivity (Wildman–Crippen MR) is 74.3 cm³/mol. The maximum atomic E-state index is 11.9. The first-order valence-electron chi connectivity index (χ1n) is 5.89. The maximum absolute atomic E-state index is 11.9. The number of amides is 1. The number of hydrogen-bond donors (Lipinski definition) is 0. The molecule has 4 heteroatoms. The van der Waals surface area contributed by atoms with Gasteiger partial charge in [-0.15, -0.1) is 13.2 Å². The lowest BCUT2D eigenvalue weighted by Gasteiger charge is -2.19. The third kappa shape index (κ3) is 4.79. The van der Waals surface area contributed by atoms with Gasteiger partial charge in [-0.3, -0.25) is 9.59 Å². The number of rotatable bonds is 8. The van der Waals surface area contributed by atoms with Gasteiger partial charge in [-0.25, -0.2) is 0 Å². The molecule has 0 fully saturated rings. The normalized spacial score (nSPS) is 9.47. The van der Waals surface area contributed by atoms with Crippen molar-refractivity contribution in [3.05, 3.63) is 55.1 Å². The molecule has 100 valence electrons. The SMILES string of the molecule is C=CCN(CC=C)C(=O)COc1cccc(C=O)c1. The first kappa shape index (κ1) is 14.7. The first-order chi connectivity index (χ1) is 9.21. The molecule has 0 atom stereocenters. The standard InChI is InChI=1S/C15H17NO3/c1-3-8-16(9-4-2)15(18)12-19-14-7-5-6-13(10-14)11-17/h3-7,10-11H,1-2,8-9,12H2. The fourth-order valence-electron chi connectivity index (χ4n) is 1.50. The van der Waals surface area contributed by atoms with Crippen LogP contribution in [0.2, 0.25) is 0 Å². The monoisotopic (exact) mass is 259 g/mol. The van der Waals surface area contributed by atoms with E-state index < -0.39 is 0 Å². The quantitative estimate of drug-likeness (QED) is 0.530. The number of carbonyl (C=O) groups is 2. The number of benzene rings is 1. The number of ether oxygens (including phenoxy) is 1. The van der Waals surface area contributed by atoms with Crippen molar-refractivity contribution in [2.45, 2.75) is 0 Å². The van der Waals surface area contributed by atoms with E-state index in [0.29, 0.717) is 24.4 Å². The van der Waals surface area contributed by atoms with Crippen LogP contribution in [0.15, 0.2) is 49.6 Å². The van der Waals surface area contributed by atoms with Crippen molar-refractivity contribution in [3.8, 4) is 5.75 Å². The minimum atomic E-state index is -0.156. The van der Waals surface area contributed by atoms with Crippen LogP contribution in [0.5, 0.6) is 5.75 Å². The van der Waals surface area contributed by atoms with E-state index in [0.717, 1.165) is 6.29 Å². The lowest BCUT2D eigenvalue weighted by molar-refractivity contribution is -0.132. The fraction of sp³-hybridized carbons (Fsp3) is 0.200. The molecule has 0 aliphatic rings. The van der Waals surface area contributed by atoms with E-state index in [4.69, 9.17) is 4.74 Å². The minimum Gasteiger partial charge on any atom is -0.484 e. The van der Waals surface area contributed by atoms with Crippen LogP contribution in [0, 0.1) is 0 Å². The molecule has 1 aromatic carbocycles. The van der Waals surface area contributed by atoms with Crippen LogP contribution in [0.3, 0.4) is 0 Å². The molecular weight excluding hydrogens is 242 g/mol. The third-order valence-electron chi connectivity index (χ3n) is 2.41. The van der Waals surface area contributed by atoms with E-state index in [1.165, 1.54) is 0 Å². The average Bonchev–Trinajstić information content (AvgIpc) is 2.44. The van der Waals surface area contributed by atoms with Crippen LogP contribution in [-0.2, 0) is 4.79 Å². The summed E-state index contributed by atoms with van der Waals surface area (Å²) in [5, 5.41) is 0. The summed E-state index contributed by atoms with van der Waals surface area (Å²) in [7, 11) is 0. The van der Waals surface area contributed by atoms with E-state index in [1.807, 2.05) is 0 Å². The third-order valence-corrected chi connectivity index (χ3v) is 2.41. The van der Waals surface area contributed by atoms with Crippen LogP contribution in [0.1, 0.15) is 10.4 Å². The van der Waals surface area contributed by atoms with Crippen molar-refractivity contribution in [2.75, 3.05) is 19.7 Å². The van der Waals surface area contributed by atoms with Crippen molar-refractivity contribution < 1.29 is 14.3 Å². The Morgan fingerprint density at radius 3 is 2.53 bits per heavy atom. The zero-order valence-electron chi connectivity index (χ0n) is 10.7. The Morgan fingerprint density at radius 1 is 1.26 bits per heavy atom. The zero-order valence-corrected chi connectivity index (χ0v) is 10.7. The van der Waals surface area contributed by atoms with Gasteiger partial charge in [-0.2, -0.15) is 0 Å². The molecule has 0 unspecified atom stereocenters. The summed E-state index contributed by atoms with van der Waals surface area (Å²) in [6.07, 6.45) is 4.03. The van der Waals surface area contributed by atoms with Crippen LogP contribution in [0.25, 0.3) is 0 Å². The van der Waals surface area contributed by atoms with Crippen molar-refractivity contribution in [3.63, 3.8) is 0 Å². The summed E-state index contributed by atoms with van der Waals surface area (Å²) in [6, 6.07) is 6.66. The van der Waals surface area contributed by atoms with Crippen molar-refractivity contribution in [2.24, 2.45) is 0 Å². The summed E-state index contributed by atoms with van der Waals surface area (Å²) in [5.74, 6) is 0.339. The molecule has 1 amide bonds. The van der Waals surface area contributed by atoms with E-state index >= 15 is 0 Å². The number of nitrogens with zero attached hydrogens (tertiary/aromatic N) is 1. The molecule has 0 saturated heterocycles. The van der Waals surface area contributed by atoms with E-state index in [-0.39, 0.29) is 12.5 Å². The smallest absolute Gasteiger partial charge is 0.261 e. The van der Waals surface area contributed by atoms with Gasteiger partial charge in [0.15, 0.2) is 6.61 Å². The molecule has 0 N–H and O–H groups in total. The van der Waals surface area contributed by atoms with Crippen molar-refractivity contribution in [1.29, 1.82) is 0 Å². The number of hydrogen-bond acceptors (Lipinski definition) is 3. The number of aldehydes is 1. The van der Waals surface area contributed by atoms with Gasteiger partial charge in [0.1, 0.15) is 12.0 Å². The molecule has 1 rings (SSSR count). The Morgan fingerprint density at radius 2 is 1.95 bits per heavy atom. The van der Waals surface area contributed by atoms with Crippen molar-refractivity contribution >= 4 is 12.2 Å². The molecular formula is C15H17NO3.